The smallest absolute Gasteiger partial charge is 0.191 e. The fourth-order valence-corrected chi connectivity index (χ4v) is 3.03. The summed E-state index contributed by atoms with van der Waals surface area (Å²) in [6.45, 7) is 0. The van der Waals surface area contributed by atoms with Crippen LogP contribution >= 0.6 is 23.4 Å². The molecule has 2 aromatic heterocycles. The van der Waals surface area contributed by atoms with Gasteiger partial charge in [-0.2, -0.15) is 0 Å². The minimum Gasteiger partial charge on any atom is -0.497 e. The molecule has 0 amide bonds. The normalized spacial score (nSPS) is 10.7. The zero-order chi connectivity index (χ0) is 16.2. The van der Waals surface area contributed by atoms with Gasteiger partial charge in [-0.15, -0.1) is 10.2 Å². The molecular formula is C16H15ClN4OS. The number of rotatable bonds is 5. The van der Waals surface area contributed by atoms with Crippen LogP contribution in [0.1, 0.15) is 5.56 Å². The summed E-state index contributed by atoms with van der Waals surface area (Å²) in [5, 5.41) is 9.90. The Labute approximate surface area is 143 Å². The third-order valence-corrected chi connectivity index (χ3v) is 4.65. The van der Waals surface area contributed by atoms with Gasteiger partial charge in [0.1, 0.15) is 10.9 Å². The molecule has 1 aromatic carbocycles. The van der Waals surface area contributed by atoms with Crippen LogP contribution in [-0.4, -0.2) is 26.9 Å². The summed E-state index contributed by atoms with van der Waals surface area (Å²) in [4.78, 5) is 4.08. The zero-order valence-electron chi connectivity index (χ0n) is 12.7. The van der Waals surface area contributed by atoms with Crippen LogP contribution in [0.2, 0.25) is 5.15 Å². The Kier molecular flexibility index (Phi) is 4.83. The maximum atomic E-state index is 5.79. The van der Waals surface area contributed by atoms with E-state index in [9.17, 15) is 0 Å². The van der Waals surface area contributed by atoms with Gasteiger partial charge in [0.2, 0.25) is 0 Å². The largest absolute Gasteiger partial charge is 0.497 e. The number of pyridine rings is 1. The molecule has 23 heavy (non-hydrogen) atoms. The Hall–Kier alpha value is -2.05. The Morgan fingerprint density at radius 2 is 1.91 bits per heavy atom. The third-order valence-electron chi connectivity index (χ3n) is 3.34. The molecule has 0 atom stereocenters. The molecule has 0 radical (unpaired) electrons. The molecule has 0 spiro atoms. The van der Waals surface area contributed by atoms with Crippen LogP contribution < -0.4 is 4.74 Å². The van der Waals surface area contributed by atoms with E-state index in [1.165, 1.54) is 0 Å². The average Bonchev–Trinajstić information content (AvgIpc) is 2.95. The molecule has 0 aliphatic rings. The second-order valence-electron chi connectivity index (χ2n) is 4.87. The lowest BCUT2D eigenvalue weighted by Crippen LogP contribution is -1.95. The fourth-order valence-electron chi connectivity index (χ4n) is 2.07. The average molecular weight is 347 g/mol. The number of methoxy groups -OCH3 is 1. The van der Waals surface area contributed by atoms with Crippen LogP contribution in [0.25, 0.3) is 11.4 Å². The quantitative estimate of drug-likeness (QED) is 0.519. The molecule has 2 heterocycles. The minimum absolute atomic E-state index is 0.499. The van der Waals surface area contributed by atoms with E-state index in [4.69, 9.17) is 16.3 Å². The molecule has 0 fully saturated rings. The molecule has 3 aromatic rings. The molecule has 7 heteroatoms. The molecule has 0 aliphatic heterocycles. The van der Waals surface area contributed by atoms with Crippen LogP contribution in [-0.2, 0) is 12.8 Å². The van der Waals surface area contributed by atoms with Crippen LogP contribution in [0.3, 0.4) is 0 Å². The van der Waals surface area contributed by atoms with E-state index >= 15 is 0 Å². The second kappa shape index (κ2) is 7.02. The first-order valence-corrected chi connectivity index (χ1v) is 8.31. The predicted molar refractivity (Wildman–Crippen MR) is 91.8 cm³/mol. The number of nitrogens with zero attached hydrogens (tertiary/aromatic N) is 4. The SMILES string of the molecule is COc1ccc(-c2nnc(SCc3ccc(Cl)nc3)n2C)cc1. The lowest BCUT2D eigenvalue weighted by molar-refractivity contribution is 0.415. The number of hydrogen-bond donors (Lipinski definition) is 0. The van der Waals surface area contributed by atoms with E-state index in [0.29, 0.717) is 5.15 Å². The van der Waals surface area contributed by atoms with Crippen molar-refractivity contribution in [3.63, 3.8) is 0 Å². The number of aromatic nitrogens is 4. The predicted octanol–water partition coefficient (Wildman–Crippen LogP) is 3.83. The van der Waals surface area contributed by atoms with Crippen LogP contribution in [0.5, 0.6) is 5.75 Å². The van der Waals surface area contributed by atoms with Crippen molar-refractivity contribution in [3.05, 3.63) is 53.3 Å². The summed E-state index contributed by atoms with van der Waals surface area (Å²) in [6.07, 6.45) is 1.77. The third kappa shape index (κ3) is 3.65. The number of halogens is 1. The molecule has 118 valence electrons. The Morgan fingerprint density at radius 3 is 2.57 bits per heavy atom. The van der Waals surface area contributed by atoms with Gasteiger partial charge in [0, 0.05) is 24.6 Å². The van der Waals surface area contributed by atoms with Crippen molar-refractivity contribution in [3.8, 4) is 17.1 Å². The topological polar surface area (TPSA) is 52.8 Å². The monoisotopic (exact) mass is 346 g/mol. The van der Waals surface area contributed by atoms with E-state index in [2.05, 4.69) is 15.2 Å². The summed E-state index contributed by atoms with van der Waals surface area (Å²) in [7, 11) is 3.61. The van der Waals surface area contributed by atoms with Gasteiger partial charge in [-0.1, -0.05) is 29.4 Å². The highest BCUT2D eigenvalue weighted by Crippen LogP contribution is 2.26. The van der Waals surface area contributed by atoms with Crippen molar-refractivity contribution < 1.29 is 4.74 Å². The van der Waals surface area contributed by atoms with Gasteiger partial charge < -0.3 is 9.30 Å². The Balaban J connectivity index is 1.74. The lowest BCUT2D eigenvalue weighted by Gasteiger charge is -2.05. The van der Waals surface area contributed by atoms with E-state index in [0.717, 1.165) is 33.6 Å². The summed E-state index contributed by atoms with van der Waals surface area (Å²) >= 11 is 7.40. The summed E-state index contributed by atoms with van der Waals surface area (Å²) in [5.41, 5.74) is 2.09. The van der Waals surface area contributed by atoms with Gasteiger partial charge in [0.05, 0.1) is 7.11 Å². The zero-order valence-corrected chi connectivity index (χ0v) is 14.3. The van der Waals surface area contributed by atoms with Crippen molar-refractivity contribution in [1.29, 1.82) is 0 Å². The molecule has 0 saturated heterocycles. The van der Waals surface area contributed by atoms with Crippen molar-refractivity contribution in [1.82, 2.24) is 19.7 Å². The standard InChI is InChI=1S/C16H15ClN4OS/c1-21-15(12-4-6-13(22-2)7-5-12)19-20-16(21)23-10-11-3-8-14(17)18-9-11/h3-9H,10H2,1-2H3. The molecule has 5 nitrogen and oxygen atoms in total. The molecular weight excluding hydrogens is 332 g/mol. The molecule has 3 rings (SSSR count). The maximum Gasteiger partial charge on any atom is 0.191 e. The highest BCUT2D eigenvalue weighted by molar-refractivity contribution is 7.98. The van der Waals surface area contributed by atoms with Gasteiger partial charge in [0.15, 0.2) is 11.0 Å². The summed E-state index contributed by atoms with van der Waals surface area (Å²) < 4.78 is 7.16. The van der Waals surface area contributed by atoms with Gasteiger partial charge in [-0.25, -0.2) is 4.98 Å². The van der Waals surface area contributed by atoms with Gasteiger partial charge in [-0.05, 0) is 35.9 Å². The first-order chi connectivity index (χ1) is 11.2. The minimum atomic E-state index is 0.499. The van der Waals surface area contributed by atoms with E-state index < -0.39 is 0 Å². The van der Waals surface area contributed by atoms with Gasteiger partial charge in [-0.3, -0.25) is 0 Å². The first-order valence-electron chi connectivity index (χ1n) is 6.94. The highest BCUT2D eigenvalue weighted by Gasteiger charge is 2.11. The van der Waals surface area contributed by atoms with Crippen molar-refractivity contribution >= 4 is 23.4 Å². The summed E-state index contributed by atoms with van der Waals surface area (Å²) in [6, 6.07) is 11.5. The van der Waals surface area contributed by atoms with Gasteiger partial charge >= 0.3 is 0 Å². The number of hydrogen-bond acceptors (Lipinski definition) is 5. The Bertz CT molecular complexity index is 787. The van der Waals surface area contributed by atoms with E-state index in [1.807, 2.05) is 41.9 Å². The van der Waals surface area contributed by atoms with Crippen LogP contribution in [0.4, 0.5) is 0 Å². The van der Waals surface area contributed by atoms with Crippen LogP contribution in [0, 0.1) is 0 Å². The highest BCUT2D eigenvalue weighted by atomic mass is 35.5. The Morgan fingerprint density at radius 1 is 1.13 bits per heavy atom. The lowest BCUT2D eigenvalue weighted by atomic mass is 10.2. The second-order valence-corrected chi connectivity index (χ2v) is 6.20. The van der Waals surface area contributed by atoms with Crippen LogP contribution in [0.15, 0.2) is 47.8 Å². The van der Waals surface area contributed by atoms with Crippen molar-refractivity contribution in [2.24, 2.45) is 7.05 Å². The van der Waals surface area contributed by atoms with Crippen molar-refractivity contribution in [2.75, 3.05) is 7.11 Å². The maximum absolute atomic E-state index is 5.79. The number of thioether (sulfide) groups is 1. The molecule has 0 bridgehead atoms. The van der Waals surface area contributed by atoms with E-state index in [1.54, 1.807) is 31.1 Å². The van der Waals surface area contributed by atoms with E-state index in [-0.39, 0.29) is 0 Å². The molecule has 0 aliphatic carbocycles. The van der Waals surface area contributed by atoms with Gasteiger partial charge in [0.25, 0.3) is 0 Å². The fraction of sp³-hybridized carbons (Fsp3) is 0.188. The summed E-state index contributed by atoms with van der Waals surface area (Å²) in [5.74, 6) is 2.41. The molecule has 0 N–H and O–H groups in total. The molecule has 0 saturated carbocycles. The van der Waals surface area contributed by atoms with Crippen molar-refractivity contribution in [2.45, 2.75) is 10.9 Å². The number of ether oxygens (including phenoxy) is 1. The number of benzene rings is 1. The first kappa shape index (κ1) is 15.8. The molecule has 0 unspecified atom stereocenters.